The van der Waals surface area contributed by atoms with Gasteiger partial charge in [-0.2, -0.15) is 4.98 Å². The van der Waals surface area contributed by atoms with E-state index in [-0.39, 0.29) is 24.3 Å². The molecule has 4 N–H and O–H groups in total. The lowest BCUT2D eigenvalue weighted by atomic mass is 9.98. The summed E-state index contributed by atoms with van der Waals surface area (Å²) in [5.41, 5.74) is 14.5. The van der Waals surface area contributed by atoms with Crippen molar-refractivity contribution in [2.24, 2.45) is 0 Å². The fraction of sp³-hybridized carbons (Fsp3) is 0.375. The lowest BCUT2D eigenvalue weighted by Gasteiger charge is -2.14. The van der Waals surface area contributed by atoms with Gasteiger partial charge in [-0.3, -0.25) is 0 Å². The summed E-state index contributed by atoms with van der Waals surface area (Å²) < 4.78 is 0. The molecule has 0 radical (unpaired) electrons. The Morgan fingerprint density at radius 1 is 0.958 bits per heavy atom. The van der Waals surface area contributed by atoms with Gasteiger partial charge in [-0.25, -0.2) is 4.98 Å². The highest BCUT2D eigenvalue weighted by Gasteiger charge is 2.14. The number of halogens is 4. The smallest absolute Gasteiger partial charge is 0.222 e. The predicted octanol–water partition coefficient (Wildman–Crippen LogP) is 5.32. The fourth-order valence-corrected chi connectivity index (χ4v) is 3.15. The van der Waals surface area contributed by atoms with Crippen molar-refractivity contribution in [1.82, 2.24) is 9.97 Å². The third kappa shape index (κ3) is 5.03. The SMILES string of the molecule is CC(C)c1nc(N)nc(N)c1CCCc1cc(Cl)c(Cl)cc1Cl.Cl. The maximum Gasteiger partial charge on any atom is 0.222 e. The van der Waals surface area contributed by atoms with Crippen molar-refractivity contribution in [3.63, 3.8) is 0 Å². The minimum absolute atomic E-state index is 0. The Morgan fingerprint density at radius 3 is 2.21 bits per heavy atom. The van der Waals surface area contributed by atoms with Crippen LogP contribution in [0.2, 0.25) is 15.1 Å². The lowest BCUT2D eigenvalue weighted by molar-refractivity contribution is 0.755. The van der Waals surface area contributed by atoms with Crippen LogP contribution in [0.4, 0.5) is 11.8 Å². The van der Waals surface area contributed by atoms with Crippen molar-refractivity contribution in [2.75, 3.05) is 11.5 Å². The molecule has 1 aromatic heterocycles. The Hall–Kier alpha value is -0.940. The number of aromatic nitrogens is 2. The number of benzene rings is 1. The second-order valence-electron chi connectivity index (χ2n) is 5.70. The number of nitrogen functional groups attached to an aromatic ring is 2. The van der Waals surface area contributed by atoms with Gasteiger partial charge in [0.1, 0.15) is 5.82 Å². The van der Waals surface area contributed by atoms with Gasteiger partial charge < -0.3 is 11.5 Å². The number of rotatable bonds is 5. The molecule has 1 heterocycles. The number of hydrogen-bond donors (Lipinski definition) is 2. The normalized spacial score (nSPS) is 10.8. The molecule has 132 valence electrons. The zero-order valence-corrected chi connectivity index (χ0v) is 16.5. The van der Waals surface area contributed by atoms with Crippen molar-refractivity contribution in [3.05, 3.63) is 44.0 Å². The maximum absolute atomic E-state index is 6.21. The highest BCUT2D eigenvalue weighted by atomic mass is 35.5. The van der Waals surface area contributed by atoms with Gasteiger partial charge in [0.25, 0.3) is 0 Å². The van der Waals surface area contributed by atoms with Gasteiger partial charge in [-0.05, 0) is 42.9 Å². The Kier molecular flexibility index (Phi) is 7.87. The first-order chi connectivity index (χ1) is 10.8. The van der Waals surface area contributed by atoms with Crippen LogP contribution in [0.1, 0.15) is 43.0 Å². The number of anilines is 2. The van der Waals surface area contributed by atoms with E-state index in [9.17, 15) is 0 Å². The summed E-state index contributed by atoms with van der Waals surface area (Å²) in [4.78, 5) is 8.39. The van der Waals surface area contributed by atoms with Crippen molar-refractivity contribution in [2.45, 2.75) is 39.0 Å². The second kappa shape index (κ2) is 8.95. The first-order valence-corrected chi connectivity index (χ1v) is 8.48. The van der Waals surface area contributed by atoms with Crippen LogP contribution in [0.25, 0.3) is 0 Å². The average molecular weight is 410 g/mol. The van der Waals surface area contributed by atoms with Crippen LogP contribution in [-0.2, 0) is 12.8 Å². The topological polar surface area (TPSA) is 77.8 Å². The summed E-state index contributed by atoms with van der Waals surface area (Å²) in [6.45, 7) is 4.11. The van der Waals surface area contributed by atoms with Gasteiger partial charge in [0.2, 0.25) is 5.95 Å². The van der Waals surface area contributed by atoms with Gasteiger partial charge in [-0.1, -0.05) is 48.7 Å². The molecule has 2 aromatic rings. The van der Waals surface area contributed by atoms with Gasteiger partial charge in [0.05, 0.1) is 15.7 Å². The molecule has 0 saturated heterocycles. The van der Waals surface area contributed by atoms with E-state index in [0.29, 0.717) is 20.9 Å². The molecule has 0 spiro atoms. The van der Waals surface area contributed by atoms with Gasteiger partial charge >= 0.3 is 0 Å². The molecule has 0 saturated carbocycles. The van der Waals surface area contributed by atoms with Gasteiger partial charge in [0, 0.05) is 10.6 Å². The van der Waals surface area contributed by atoms with E-state index in [1.54, 1.807) is 12.1 Å². The van der Waals surface area contributed by atoms with Crippen LogP contribution in [-0.4, -0.2) is 9.97 Å². The quantitative estimate of drug-likeness (QED) is 0.654. The molecule has 0 aliphatic carbocycles. The molecule has 0 amide bonds. The highest BCUT2D eigenvalue weighted by molar-refractivity contribution is 6.43. The standard InChI is InChI=1S/C16H19Cl3N4.ClH/c1-8(2)14-10(15(20)23-16(21)22-14)5-3-4-9-6-12(18)13(19)7-11(9)17;/h6-8H,3-5H2,1-2H3,(H4,20,21,22,23);1H. The lowest BCUT2D eigenvalue weighted by Crippen LogP contribution is -2.10. The van der Waals surface area contributed by atoms with Gasteiger partial charge in [0.15, 0.2) is 0 Å². The Labute approximate surface area is 163 Å². The van der Waals surface area contributed by atoms with E-state index in [4.69, 9.17) is 46.3 Å². The van der Waals surface area contributed by atoms with Crippen LogP contribution in [0, 0.1) is 0 Å². The summed E-state index contributed by atoms with van der Waals surface area (Å²) in [5.74, 6) is 0.884. The molecule has 2 rings (SSSR count). The Balaban J connectivity index is 0.00000288. The summed E-state index contributed by atoms with van der Waals surface area (Å²) >= 11 is 18.2. The molecule has 8 heteroatoms. The molecular weight excluding hydrogens is 390 g/mol. The molecule has 0 fully saturated rings. The molecule has 0 atom stereocenters. The summed E-state index contributed by atoms with van der Waals surface area (Å²) in [7, 11) is 0. The molecule has 0 aliphatic rings. The summed E-state index contributed by atoms with van der Waals surface area (Å²) in [6, 6.07) is 3.47. The van der Waals surface area contributed by atoms with E-state index in [0.717, 1.165) is 36.1 Å². The van der Waals surface area contributed by atoms with E-state index >= 15 is 0 Å². The average Bonchev–Trinajstić information content (AvgIpc) is 2.45. The van der Waals surface area contributed by atoms with Crippen LogP contribution in [0.15, 0.2) is 12.1 Å². The van der Waals surface area contributed by atoms with Gasteiger partial charge in [-0.15, -0.1) is 12.4 Å². The number of nitrogens with two attached hydrogens (primary N) is 2. The number of hydrogen-bond acceptors (Lipinski definition) is 4. The van der Waals surface area contributed by atoms with E-state index in [2.05, 4.69) is 23.8 Å². The van der Waals surface area contributed by atoms with E-state index in [1.165, 1.54) is 0 Å². The molecule has 4 nitrogen and oxygen atoms in total. The third-order valence-electron chi connectivity index (χ3n) is 3.60. The predicted molar refractivity (Wildman–Crippen MR) is 106 cm³/mol. The zero-order valence-electron chi connectivity index (χ0n) is 13.4. The fourth-order valence-electron chi connectivity index (χ4n) is 2.48. The number of nitrogens with zero attached hydrogens (tertiary/aromatic N) is 2. The molecular formula is C16H20Cl4N4. The number of aryl methyl sites for hydroxylation is 1. The van der Waals surface area contributed by atoms with Crippen LogP contribution >= 0.6 is 47.2 Å². The Bertz CT molecular complexity index is 720. The van der Waals surface area contributed by atoms with Crippen molar-refractivity contribution >= 4 is 59.0 Å². The van der Waals surface area contributed by atoms with Crippen molar-refractivity contribution < 1.29 is 0 Å². The molecule has 24 heavy (non-hydrogen) atoms. The minimum atomic E-state index is 0. The van der Waals surface area contributed by atoms with Crippen molar-refractivity contribution in [1.29, 1.82) is 0 Å². The van der Waals surface area contributed by atoms with Crippen LogP contribution < -0.4 is 11.5 Å². The first-order valence-electron chi connectivity index (χ1n) is 7.34. The van der Waals surface area contributed by atoms with Crippen LogP contribution in [0.3, 0.4) is 0 Å². The molecule has 1 aromatic carbocycles. The van der Waals surface area contributed by atoms with Crippen LogP contribution in [0.5, 0.6) is 0 Å². The monoisotopic (exact) mass is 408 g/mol. The second-order valence-corrected chi connectivity index (χ2v) is 6.92. The molecule has 0 bridgehead atoms. The minimum Gasteiger partial charge on any atom is -0.383 e. The van der Waals surface area contributed by atoms with E-state index < -0.39 is 0 Å². The third-order valence-corrected chi connectivity index (χ3v) is 4.67. The largest absolute Gasteiger partial charge is 0.383 e. The molecule has 0 aliphatic heterocycles. The summed E-state index contributed by atoms with van der Waals surface area (Å²) in [6.07, 6.45) is 2.35. The van der Waals surface area contributed by atoms with E-state index in [1.807, 2.05) is 0 Å². The molecule has 0 unspecified atom stereocenters. The zero-order chi connectivity index (χ0) is 17.1. The Morgan fingerprint density at radius 2 is 1.58 bits per heavy atom. The summed E-state index contributed by atoms with van der Waals surface area (Å²) in [5, 5.41) is 1.58. The first kappa shape index (κ1) is 21.1. The highest BCUT2D eigenvalue weighted by Crippen LogP contribution is 2.30. The van der Waals surface area contributed by atoms with Crippen molar-refractivity contribution in [3.8, 4) is 0 Å². The maximum atomic E-state index is 6.21.